The summed E-state index contributed by atoms with van der Waals surface area (Å²) < 4.78 is 137. The van der Waals surface area contributed by atoms with Crippen molar-refractivity contribution in [2.45, 2.75) is 50.0 Å². The van der Waals surface area contributed by atoms with E-state index in [4.69, 9.17) is 4.55 Å². The minimum Gasteiger partial charge on any atom is -0.378 e. The highest BCUT2D eigenvalue weighted by Crippen LogP contribution is 2.50. The number of halogens is 6. The summed E-state index contributed by atoms with van der Waals surface area (Å²) in [5, 5.41) is -11.0. The molecule has 0 aromatic heterocycles. The molecule has 0 aliphatic heterocycles. The Hall–Kier alpha value is -2.07. The van der Waals surface area contributed by atoms with Crippen LogP contribution in [0.4, 0.5) is 26.3 Å². The molecule has 0 saturated heterocycles. The number of benzene rings is 1. The monoisotopic (exact) mass is 529 g/mol. The molecule has 0 unspecified atom stereocenters. The van der Waals surface area contributed by atoms with Gasteiger partial charge in [-0.05, 0) is 30.5 Å². The highest BCUT2D eigenvalue weighted by atomic mass is 32.2. The van der Waals surface area contributed by atoms with Gasteiger partial charge in [0.2, 0.25) is 5.91 Å². The Labute approximate surface area is 186 Å². The van der Waals surface area contributed by atoms with Crippen LogP contribution in [0, 0.1) is 5.41 Å². The zero-order valence-corrected chi connectivity index (χ0v) is 19.0. The summed E-state index contributed by atoms with van der Waals surface area (Å²) in [7, 11) is -14.0. The molecule has 1 amide bonds. The molecule has 0 fully saturated rings. The molecule has 0 radical (unpaired) electrons. The van der Waals surface area contributed by atoms with Crippen molar-refractivity contribution in [1.82, 2.24) is 5.32 Å². The highest BCUT2D eigenvalue weighted by Gasteiger charge is 2.83. The Morgan fingerprint density at radius 3 is 1.88 bits per heavy atom. The van der Waals surface area contributed by atoms with E-state index in [1.54, 1.807) is 13.8 Å². The van der Waals surface area contributed by atoms with Gasteiger partial charge in [-0.15, -0.1) is 0 Å². The van der Waals surface area contributed by atoms with Gasteiger partial charge in [-0.3, -0.25) is 9.35 Å². The Morgan fingerprint density at radius 2 is 1.45 bits per heavy atom. The third-order valence-corrected chi connectivity index (χ3v) is 6.90. The molecule has 0 heterocycles. The Kier molecular flexibility index (Phi) is 8.15. The van der Waals surface area contributed by atoms with E-state index in [9.17, 15) is 48.0 Å². The van der Waals surface area contributed by atoms with Crippen LogP contribution in [0.2, 0.25) is 0 Å². The van der Waals surface area contributed by atoms with Crippen LogP contribution < -0.4 is 9.50 Å². The van der Waals surface area contributed by atoms with Crippen molar-refractivity contribution in [3.63, 3.8) is 0 Å². The molecule has 16 heteroatoms. The molecule has 1 aromatic carbocycles. The van der Waals surface area contributed by atoms with Crippen LogP contribution in [0.1, 0.15) is 32.8 Å². The van der Waals surface area contributed by atoms with E-state index < -0.39 is 47.8 Å². The molecule has 1 rings (SSSR count). The first-order valence-electron chi connectivity index (χ1n) is 9.06. The van der Waals surface area contributed by atoms with Gasteiger partial charge >= 0.3 is 36.7 Å². The molecule has 1 aromatic rings. The summed E-state index contributed by atoms with van der Waals surface area (Å²) in [5.41, 5.74) is -0.185. The van der Waals surface area contributed by atoms with Gasteiger partial charge in [-0.1, -0.05) is 32.9 Å². The SMILES string of the molecule is CCC(C)(C)C(=O)NCCc1ccc(OS(=O)(=O)C(F)(F)C(F)(F)C(F)(F)S(=O)(=O)O)cc1. The maximum absolute atomic E-state index is 13.8. The standard InChI is InChI=1S/C17H21F6NO7S2/c1-4-14(2,3)13(25)24-10-9-11-5-7-12(8-6-11)31-33(29,30)17(22,23)15(18,19)16(20,21)32(26,27)28/h5-8H,4,9-10H2,1-3H3,(H,24,25)(H,26,27,28). The molecular weight excluding hydrogens is 508 g/mol. The second-order valence-electron chi connectivity index (χ2n) is 7.51. The number of hydrogen-bond donors (Lipinski definition) is 2. The van der Waals surface area contributed by atoms with Crippen molar-refractivity contribution < 1.29 is 56.7 Å². The molecule has 8 nitrogen and oxygen atoms in total. The summed E-state index contributed by atoms with van der Waals surface area (Å²) >= 11 is 0. The topological polar surface area (TPSA) is 127 Å². The normalized spacial score (nSPS) is 14.1. The van der Waals surface area contributed by atoms with Crippen LogP contribution >= 0.6 is 0 Å². The Balaban J connectivity index is 2.98. The van der Waals surface area contributed by atoms with E-state index in [-0.39, 0.29) is 18.9 Å². The molecule has 0 saturated carbocycles. The number of hydrogen-bond acceptors (Lipinski definition) is 6. The number of amides is 1. The fourth-order valence-electron chi connectivity index (χ4n) is 2.10. The van der Waals surface area contributed by atoms with E-state index in [0.717, 1.165) is 24.3 Å². The predicted octanol–water partition coefficient (Wildman–Crippen LogP) is 3.20. The summed E-state index contributed by atoms with van der Waals surface area (Å²) in [6.07, 6.45) is 0.770. The van der Waals surface area contributed by atoms with Gasteiger partial charge in [0.15, 0.2) is 0 Å². The molecule has 190 valence electrons. The quantitative estimate of drug-likeness (QED) is 0.256. The lowest BCUT2D eigenvalue weighted by Crippen LogP contribution is -2.61. The number of alkyl halides is 6. The molecule has 0 bridgehead atoms. The van der Waals surface area contributed by atoms with E-state index in [2.05, 4.69) is 9.50 Å². The average Bonchev–Trinajstić information content (AvgIpc) is 2.67. The van der Waals surface area contributed by atoms with Crippen LogP contribution in [0.15, 0.2) is 24.3 Å². The number of carbonyl (C=O) groups is 1. The second kappa shape index (κ2) is 9.29. The molecular formula is C17H21F6NO7S2. The van der Waals surface area contributed by atoms with Gasteiger partial charge in [-0.25, -0.2) is 0 Å². The van der Waals surface area contributed by atoms with Gasteiger partial charge in [-0.2, -0.15) is 43.2 Å². The summed E-state index contributed by atoms with van der Waals surface area (Å²) in [6, 6.07) is 3.76. The first-order chi connectivity index (χ1) is 14.6. The van der Waals surface area contributed by atoms with Crippen molar-refractivity contribution in [2.24, 2.45) is 5.41 Å². The lowest BCUT2D eigenvalue weighted by molar-refractivity contribution is -0.247. The van der Waals surface area contributed by atoms with E-state index >= 15 is 0 Å². The lowest BCUT2D eigenvalue weighted by Gasteiger charge is -2.29. The van der Waals surface area contributed by atoms with E-state index in [1.807, 2.05) is 6.92 Å². The van der Waals surface area contributed by atoms with Crippen LogP contribution in [-0.4, -0.2) is 50.3 Å². The Bertz CT molecular complexity index is 1070. The van der Waals surface area contributed by atoms with Crippen molar-refractivity contribution >= 4 is 26.1 Å². The van der Waals surface area contributed by atoms with Crippen molar-refractivity contribution in [2.75, 3.05) is 6.54 Å². The van der Waals surface area contributed by atoms with Crippen LogP contribution in [0.25, 0.3) is 0 Å². The van der Waals surface area contributed by atoms with Crippen molar-refractivity contribution in [3.8, 4) is 5.75 Å². The molecule has 0 aliphatic rings. The van der Waals surface area contributed by atoms with Crippen molar-refractivity contribution in [3.05, 3.63) is 29.8 Å². The Morgan fingerprint density at radius 1 is 0.970 bits per heavy atom. The maximum Gasteiger partial charge on any atom is 0.450 e. The third kappa shape index (κ3) is 5.71. The zero-order chi connectivity index (χ0) is 26.1. The van der Waals surface area contributed by atoms with E-state index in [1.165, 1.54) is 0 Å². The van der Waals surface area contributed by atoms with Gasteiger partial charge < -0.3 is 9.50 Å². The fourth-order valence-corrected chi connectivity index (χ4v) is 3.53. The first-order valence-corrected chi connectivity index (χ1v) is 11.9. The highest BCUT2D eigenvalue weighted by molar-refractivity contribution is 7.88. The third-order valence-electron chi connectivity index (χ3n) is 4.70. The summed E-state index contributed by atoms with van der Waals surface area (Å²) in [6.45, 7) is 5.41. The second-order valence-corrected chi connectivity index (χ2v) is 10.6. The van der Waals surface area contributed by atoms with Crippen LogP contribution in [0.5, 0.6) is 5.75 Å². The average molecular weight is 529 g/mol. The van der Waals surface area contributed by atoms with Gasteiger partial charge in [0.05, 0.1) is 0 Å². The van der Waals surface area contributed by atoms with Gasteiger partial charge in [0.1, 0.15) is 5.75 Å². The fraction of sp³-hybridized carbons (Fsp3) is 0.588. The van der Waals surface area contributed by atoms with E-state index in [0.29, 0.717) is 12.0 Å². The minimum atomic E-state index is -7.12. The van der Waals surface area contributed by atoms with Gasteiger partial charge in [0.25, 0.3) is 0 Å². The molecule has 0 spiro atoms. The zero-order valence-electron chi connectivity index (χ0n) is 17.4. The minimum absolute atomic E-state index is 0.149. The predicted molar refractivity (Wildman–Crippen MR) is 103 cm³/mol. The number of rotatable bonds is 11. The number of carbonyl (C=O) groups excluding carboxylic acids is 1. The first kappa shape index (κ1) is 29.0. The van der Waals surface area contributed by atoms with Gasteiger partial charge in [0, 0.05) is 12.0 Å². The largest absolute Gasteiger partial charge is 0.450 e. The molecule has 0 aliphatic carbocycles. The van der Waals surface area contributed by atoms with Crippen LogP contribution in [-0.2, 0) is 31.5 Å². The smallest absolute Gasteiger partial charge is 0.378 e. The van der Waals surface area contributed by atoms with Crippen molar-refractivity contribution in [1.29, 1.82) is 0 Å². The summed E-state index contributed by atoms with van der Waals surface area (Å²) in [4.78, 5) is 12.0. The molecule has 2 N–H and O–H groups in total. The lowest BCUT2D eigenvalue weighted by atomic mass is 9.89. The maximum atomic E-state index is 13.8. The molecule has 0 atom stereocenters. The van der Waals surface area contributed by atoms with Crippen LogP contribution in [0.3, 0.4) is 0 Å². The number of nitrogens with one attached hydrogen (secondary N) is 1. The summed E-state index contributed by atoms with van der Waals surface area (Å²) in [5.74, 6) is -8.29. The molecule has 33 heavy (non-hydrogen) atoms.